The van der Waals surface area contributed by atoms with E-state index in [1.54, 1.807) is 6.33 Å². The summed E-state index contributed by atoms with van der Waals surface area (Å²) >= 11 is 0. The first kappa shape index (κ1) is 20.4. The van der Waals surface area contributed by atoms with Gasteiger partial charge in [0.1, 0.15) is 17.8 Å². The van der Waals surface area contributed by atoms with Gasteiger partial charge < -0.3 is 10.3 Å². The molecule has 0 radical (unpaired) electrons. The largest absolute Gasteiger partial charge is 0.383 e. The predicted octanol–water partition coefficient (Wildman–Crippen LogP) is 6.59. The van der Waals surface area contributed by atoms with Gasteiger partial charge in [0.15, 0.2) is 0 Å². The highest BCUT2D eigenvalue weighted by molar-refractivity contribution is 6.02. The molecule has 3 fully saturated rings. The fourth-order valence-electron chi connectivity index (χ4n) is 7.28. The molecule has 3 saturated carbocycles. The number of aromatic nitrogens is 4. The maximum atomic E-state index is 6.42. The lowest BCUT2D eigenvalue weighted by molar-refractivity contribution is 0.220. The third kappa shape index (κ3) is 2.88. The summed E-state index contributed by atoms with van der Waals surface area (Å²) in [6.07, 6.45) is 14.0. The molecule has 3 aliphatic rings. The first-order valence-electron chi connectivity index (χ1n) is 13.1. The number of anilines is 1. The van der Waals surface area contributed by atoms with Crippen molar-refractivity contribution in [3.8, 4) is 11.1 Å². The highest BCUT2D eigenvalue weighted by Crippen LogP contribution is 2.55. The van der Waals surface area contributed by atoms with Gasteiger partial charge in [-0.05, 0) is 86.5 Å². The lowest BCUT2D eigenvalue weighted by Crippen LogP contribution is -2.24. The van der Waals surface area contributed by atoms with Crippen LogP contribution in [-0.2, 0) is 11.8 Å². The van der Waals surface area contributed by atoms with E-state index in [4.69, 9.17) is 10.7 Å². The lowest BCUT2D eigenvalue weighted by atomic mass is 9.80. The molecule has 0 saturated heterocycles. The van der Waals surface area contributed by atoms with E-state index in [9.17, 15) is 0 Å². The third-order valence-electron chi connectivity index (χ3n) is 9.25. The number of pyridine rings is 1. The van der Waals surface area contributed by atoms with Gasteiger partial charge in [-0.1, -0.05) is 26.0 Å². The molecule has 0 aliphatic heterocycles. The van der Waals surface area contributed by atoms with Gasteiger partial charge in [-0.3, -0.25) is 4.98 Å². The van der Waals surface area contributed by atoms with Gasteiger partial charge in [0, 0.05) is 34.3 Å². The van der Waals surface area contributed by atoms with Crippen molar-refractivity contribution in [2.24, 2.45) is 11.8 Å². The minimum Gasteiger partial charge on any atom is -0.383 e. The zero-order valence-corrected chi connectivity index (χ0v) is 20.2. The second-order valence-corrected chi connectivity index (χ2v) is 11.3. The normalized spacial score (nSPS) is 28.1. The van der Waals surface area contributed by atoms with Crippen LogP contribution in [0.3, 0.4) is 0 Å². The molecule has 1 aromatic carbocycles. The molecule has 34 heavy (non-hydrogen) atoms. The van der Waals surface area contributed by atoms with Crippen molar-refractivity contribution < 1.29 is 0 Å². The Balaban J connectivity index is 1.40. The van der Waals surface area contributed by atoms with Crippen molar-refractivity contribution in [2.75, 3.05) is 5.73 Å². The second-order valence-electron chi connectivity index (χ2n) is 11.3. The Morgan fingerprint density at radius 1 is 1.12 bits per heavy atom. The monoisotopic (exact) mass is 451 g/mol. The third-order valence-corrected chi connectivity index (χ3v) is 9.25. The standard InChI is InChI=1S/C29H33N5/c1-3-19-13-25(29-8-6-18(14-29)7-9-29)33-24-12-20(4-5-22(19)24)23-15-34(21-10-17(2)11-21)28-26(23)27(30)31-16-32-28/h4-5,12-13,15-18,21H,3,6-11,14H2,1-2H3,(H2,30,31,32). The molecule has 0 unspecified atom stereocenters. The molecule has 3 heterocycles. The molecule has 4 aromatic rings. The summed E-state index contributed by atoms with van der Waals surface area (Å²) in [5.74, 6) is 2.24. The molecule has 7 rings (SSSR count). The molecule has 0 atom stereocenters. The van der Waals surface area contributed by atoms with Crippen LogP contribution in [0.5, 0.6) is 0 Å². The first-order chi connectivity index (χ1) is 16.5. The van der Waals surface area contributed by atoms with E-state index in [2.05, 4.69) is 58.8 Å². The molecule has 3 aliphatic carbocycles. The number of nitrogen functional groups attached to an aromatic ring is 1. The number of hydrogen-bond donors (Lipinski definition) is 1. The molecular formula is C29H33N5. The van der Waals surface area contributed by atoms with Crippen LogP contribution in [0.15, 0.2) is 36.8 Å². The van der Waals surface area contributed by atoms with Crippen LogP contribution in [0, 0.1) is 11.8 Å². The van der Waals surface area contributed by atoms with Crippen LogP contribution in [0.4, 0.5) is 5.82 Å². The molecule has 2 bridgehead atoms. The maximum Gasteiger partial charge on any atom is 0.146 e. The summed E-state index contributed by atoms with van der Waals surface area (Å²) in [4.78, 5) is 14.3. The number of nitrogens with two attached hydrogens (primary N) is 1. The van der Waals surface area contributed by atoms with Crippen LogP contribution in [-0.4, -0.2) is 19.5 Å². The number of hydrogen-bond acceptors (Lipinski definition) is 4. The van der Waals surface area contributed by atoms with Gasteiger partial charge in [-0.15, -0.1) is 0 Å². The van der Waals surface area contributed by atoms with Crippen LogP contribution < -0.4 is 5.73 Å². The van der Waals surface area contributed by atoms with Crippen molar-refractivity contribution in [1.29, 1.82) is 0 Å². The van der Waals surface area contributed by atoms with Gasteiger partial charge in [-0.2, -0.15) is 0 Å². The second kappa shape index (κ2) is 7.27. The molecule has 174 valence electrons. The molecule has 5 heteroatoms. The Labute approximate surface area is 200 Å². The van der Waals surface area contributed by atoms with Crippen molar-refractivity contribution >= 4 is 27.8 Å². The number of benzene rings is 1. The Hall–Kier alpha value is -2.95. The highest BCUT2D eigenvalue weighted by Gasteiger charge is 2.47. The molecular weight excluding hydrogens is 418 g/mol. The first-order valence-corrected chi connectivity index (χ1v) is 13.1. The van der Waals surface area contributed by atoms with Crippen molar-refractivity contribution in [3.05, 3.63) is 48.0 Å². The van der Waals surface area contributed by atoms with Crippen molar-refractivity contribution in [3.63, 3.8) is 0 Å². The molecule has 2 N–H and O–H groups in total. The fraction of sp³-hybridized carbons (Fsp3) is 0.483. The van der Waals surface area contributed by atoms with E-state index >= 15 is 0 Å². The smallest absolute Gasteiger partial charge is 0.146 e. The highest BCUT2D eigenvalue weighted by atomic mass is 15.1. The maximum absolute atomic E-state index is 6.42. The summed E-state index contributed by atoms with van der Waals surface area (Å²) in [7, 11) is 0. The Bertz CT molecular complexity index is 1420. The number of nitrogens with zero attached hydrogens (tertiary/aromatic N) is 4. The van der Waals surface area contributed by atoms with Crippen LogP contribution >= 0.6 is 0 Å². The average molecular weight is 452 g/mol. The van der Waals surface area contributed by atoms with Crippen LogP contribution in [0.25, 0.3) is 33.1 Å². The Kier molecular flexibility index (Phi) is 4.37. The molecule has 0 spiro atoms. The summed E-state index contributed by atoms with van der Waals surface area (Å²) in [6.45, 7) is 4.59. The average Bonchev–Trinajstić information content (AvgIpc) is 3.55. The van der Waals surface area contributed by atoms with Crippen molar-refractivity contribution in [1.82, 2.24) is 19.5 Å². The van der Waals surface area contributed by atoms with Crippen LogP contribution in [0.1, 0.15) is 76.1 Å². The van der Waals surface area contributed by atoms with E-state index in [0.717, 1.165) is 45.9 Å². The van der Waals surface area contributed by atoms with Gasteiger partial charge in [0.25, 0.3) is 0 Å². The fourth-order valence-corrected chi connectivity index (χ4v) is 7.28. The zero-order valence-electron chi connectivity index (χ0n) is 20.2. The van der Waals surface area contributed by atoms with Gasteiger partial charge in [-0.25, -0.2) is 9.97 Å². The van der Waals surface area contributed by atoms with Gasteiger partial charge in [0.05, 0.1) is 10.9 Å². The minimum absolute atomic E-state index is 0.313. The number of rotatable bonds is 4. The lowest BCUT2D eigenvalue weighted by Gasteiger charge is -2.34. The van der Waals surface area contributed by atoms with E-state index < -0.39 is 0 Å². The summed E-state index contributed by atoms with van der Waals surface area (Å²) in [6, 6.07) is 9.70. The summed E-state index contributed by atoms with van der Waals surface area (Å²) in [5.41, 5.74) is 13.8. The quantitative estimate of drug-likeness (QED) is 0.380. The number of aryl methyl sites for hydroxylation is 1. The molecule has 5 nitrogen and oxygen atoms in total. The van der Waals surface area contributed by atoms with E-state index in [1.807, 2.05) is 0 Å². The molecule has 0 amide bonds. The van der Waals surface area contributed by atoms with E-state index in [0.29, 0.717) is 17.3 Å². The Morgan fingerprint density at radius 2 is 1.94 bits per heavy atom. The summed E-state index contributed by atoms with van der Waals surface area (Å²) in [5, 5.41) is 2.25. The van der Waals surface area contributed by atoms with E-state index in [1.165, 1.54) is 61.6 Å². The van der Waals surface area contributed by atoms with Gasteiger partial charge >= 0.3 is 0 Å². The number of fused-ring (bicyclic) bond motifs is 4. The Morgan fingerprint density at radius 3 is 2.65 bits per heavy atom. The zero-order chi connectivity index (χ0) is 23.0. The van der Waals surface area contributed by atoms with Crippen molar-refractivity contribution in [2.45, 2.75) is 76.7 Å². The topological polar surface area (TPSA) is 69.6 Å². The molecule has 3 aromatic heterocycles. The summed E-state index contributed by atoms with van der Waals surface area (Å²) < 4.78 is 2.34. The van der Waals surface area contributed by atoms with Crippen LogP contribution in [0.2, 0.25) is 0 Å². The minimum atomic E-state index is 0.313. The predicted molar refractivity (Wildman–Crippen MR) is 138 cm³/mol. The van der Waals surface area contributed by atoms with Gasteiger partial charge in [0.2, 0.25) is 0 Å². The SMILES string of the molecule is CCc1cc(C23CCC(CC2)C3)nc2cc(-c3cn(C4CC(C)C4)c4ncnc(N)c34)ccc12. The van der Waals surface area contributed by atoms with E-state index in [-0.39, 0.29) is 0 Å².